The van der Waals surface area contributed by atoms with Gasteiger partial charge in [0.2, 0.25) is 0 Å². The monoisotopic (exact) mass is 250 g/mol. The van der Waals surface area contributed by atoms with Crippen LogP contribution in [0, 0.1) is 11.3 Å². The normalized spacial score (nSPS) is 19.1. The maximum atomic E-state index is 9.25. The van der Waals surface area contributed by atoms with E-state index in [1.807, 2.05) is 18.3 Å². The number of halogens is 1. The zero-order chi connectivity index (χ0) is 10.0. The van der Waals surface area contributed by atoms with Crippen LogP contribution >= 0.6 is 15.9 Å². The molecule has 1 aliphatic rings. The van der Waals surface area contributed by atoms with E-state index in [-0.39, 0.29) is 5.41 Å². The zero-order valence-corrected chi connectivity index (χ0v) is 9.42. The number of aromatic nitrogens is 1. The van der Waals surface area contributed by atoms with E-state index in [1.54, 1.807) is 0 Å². The maximum Gasteiger partial charge on any atom is 0.106 e. The van der Waals surface area contributed by atoms with Gasteiger partial charge < -0.3 is 0 Å². The predicted octanol–water partition coefficient (Wildman–Crippen LogP) is 3.18. The lowest BCUT2D eigenvalue weighted by Gasteiger charge is -2.19. The van der Waals surface area contributed by atoms with Gasteiger partial charge in [0, 0.05) is 6.20 Å². The van der Waals surface area contributed by atoms with Crippen molar-refractivity contribution in [3.63, 3.8) is 0 Å². The van der Waals surface area contributed by atoms with E-state index in [9.17, 15) is 5.26 Å². The van der Waals surface area contributed by atoms with Crippen LogP contribution in [0.2, 0.25) is 0 Å². The fourth-order valence-corrected chi connectivity index (χ4v) is 2.34. The summed E-state index contributed by atoms with van der Waals surface area (Å²) >= 11 is 3.30. The third-order valence-corrected chi connectivity index (χ3v) is 3.42. The number of hydrogen-bond acceptors (Lipinski definition) is 2. The predicted molar refractivity (Wildman–Crippen MR) is 57.7 cm³/mol. The number of nitrogens with zero attached hydrogens (tertiary/aromatic N) is 2. The molecule has 0 N–H and O–H groups in total. The lowest BCUT2D eigenvalue weighted by molar-refractivity contribution is 0.570. The number of rotatable bonds is 1. The first-order valence-electron chi connectivity index (χ1n) is 4.80. The average Bonchev–Trinajstić information content (AvgIpc) is 2.68. The standard InChI is InChI=1S/C11H11BrN2/c12-10-4-3-9(7-14-10)11(8-13)5-1-2-6-11/h3-4,7H,1-2,5-6H2. The maximum absolute atomic E-state index is 9.25. The van der Waals surface area contributed by atoms with E-state index in [0.717, 1.165) is 35.8 Å². The van der Waals surface area contributed by atoms with Crippen LogP contribution in [0.25, 0.3) is 0 Å². The lowest BCUT2D eigenvalue weighted by atomic mass is 9.81. The van der Waals surface area contributed by atoms with Gasteiger partial charge in [0.15, 0.2) is 0 Å². The molecule has 1 saturated carbocycles. The molecule has 0 aliphatic heterocycles. The number of hydrogen-bond donors (Lipinski definition) is 0. The van der Waals surface area contributed by atoms with E-state index in [2.05, 4.69) is 27.0 Å². The first-order valence-corrected chi connectivity index (χ1v) is 5.59. The van der Waals surface area contributed by atoms with Gasteiger partial charge in [-0.1, -0.05) is 18.9 Å². The van der Waals surface area contributed by atoms with Gasteiger partial charge in [-0.2, -0.15) is 5.26 Å². The van der Waals surface area contributed by atoms with Crippen molar-refractivity contribution in [1.29, 1.82) is 5.26 Å². The Morgan fingerprint density at radius 2 is 2.07 bits per heavy atom. The fourth-order valence-electron chi connectivity index (χ4n) is 2.10. The minimum Gasteiger partial charge on any atom is -0.249 e. The van der Waals surface area contributed by atoms with E-state index in [0.29, 0.717) is 0 Å². The van der Waals surface area contributed by atoms with Gasteiger partial charge in [-0.3, -0.25) is 0 Å². The lowest BCUT2D eigenvalue weighted by Crippen LogP contribution is -2.19. The van der Waals surface area contributed by atoms with Gasteiger partial charge >= 0.3 is 0 Å². The minimum atomic E-state index is -0.256. The summed E-state index contributed by atoms with van der Waals surface area (Å²) in [6.07, 6.45) is 6.09. The summed E-state index contributed by atoms with van der Waals surface area (Å²) in [4.78, 5) is 4.18. The number of pyridine rings is 1. The molecular formula is C11H11BrN2. The molecule has 0 radical (unpaired) electrons. The van der Waals surface area contributed by atoms with Crippen LogP contribution < -0.4 is 0 Å². The minimum absolute atomic E-state index is 0.256. The highest BCUT2D eigenvalue weighted by molar-refractivity contribution is 9.10. The van der Waals surface area contributed by atoms with Crippen molar-refractivity contribution >= 4 is 15.9 Å². The Morgan fingerprint density at radius 3 is 2.57 bits per heavy atom. The van der Waals surface area contributed by atoms with Crippen molar-refractivity contribution in [3.8, 4) is 6.07 Å². The SMILES string of the molecule is N#CC1(c2ccc(Br)nc2)CCCC1. The van der Waals surface area contributed by atoms with Crippen molar-refractivity contribution in [2.24, 2.45) is 0 Å². The molecule has 3 heteroatoms. The molecule has 0 spiro atoms. The average molecular weight is 251 g/mol. The van der Waals surface area contributed by atoms with E-state index >= 15 is 0 Å². The van der Waals surface area contributed by atoms with Gasteiger partial charge in [0.05, 0.1) is 11.5 Å². The van der Waals surface area contributed by atoms with Gasteiger partial charge in [0.1, 0.15) is 4.60 Å². The number of nitriles is 1. The summed E-state index contributed by atoms with van der Waals surface area (Å²) in [5.41, 5.74) is 0.814. The Bertz CT molecular complexity index is 358. The molecule has 0 atom stereocenters. The van der Waals surface area contributed by atoms with Crippen LogP contribution in [0.1, 0.15) is 31.2 Å². The second-order valence-electron chi connectivity index (χ2n) is 3.77. The quantitative estimate of drug-likeness (QED) is 0.719. The third-order valence-electron chi connectivity index (χ3n) is 2.95. The summed E-state index contributed by atoms with van der Waals surface area (Å²) in [7, 11) is 0. The molecule has 72 valence electrons. The largest absolute Gasteiger partial charge is 0.249 e. The molecule has 1 aromatic rings. The first kappa shape index (κ1) is 9.67. The molecule has 1 aliphatic carbocycles. The van der Waals surface area contributed by atoms with Gasteiger partial charge in [-0.05, 0) is 40.4 Å². The summed E-state index contributed by atoms with van der Waals surface area (Å²) in [5, 5.41) is 9.25. The van der Waals surface area contributed by atoms with Crippen molar-refractivity contribution in [2.75, 3.05) is 0 Å². The van der Waals surface area contributed by atoms with Crippen LogP contribution in [0.4, 0.5) is 0 Å². The van der Waals surface area contributed by atoms with Crippen molar-refractivity contribution in [2.45, 2.75) is 31.1 Å². The molecule has 2 nitrogen and oxygen atoms in total. The van der Waals surface area contributed by atoms with Crippen molar-refractivity contribution in [3.05, 3.63) is 28.5 Å². The summed E-state index contributed by atoms with van der Waals surface area (Å²) in [6, 6.07) is 6.37. The molecular weight excluding hydrogens is 240 g/mol. The second-order valence-corrected chi connectivity index (χ2v) is 4.58. The van der Waals surface area contributed by atoms with Crippen molar-refractivity contribution in [1.82, 2.24) is 4.98 Å². The fraction of sp³-hybridized carbons (Fsp3) is 0.455. The summed E-state index contributed by atoms with van der Waals surface area (Å²) in [6.45, 7) is 0. The topological polar surface area (TPSA) is 36.7 Å². The Hall–Kier alpha value is -0.880. The second kappa shape index (κ2) is 3.70. The van der Waals surface area contributed by atoms with E-state index in [4.69, 9.17) is 0 Å². The van der Waals surface area contributed by atoms with E-state index in [1.165, 1.54) is 0 Å². The van der Waals surface area contributed by atoms with Gasteiger partial charge in [0.25, 0.3) is 0 Å². The molecule has 0 saturated heterocycles. The Labute approximate surface area is 92.1 Å². The van der Waals surface area contributed by atoms with Crippen LogP contribution in [0.15, 0.2) is 22.9 Å². The van der Waals surface area contributed by atoms with Crippen LogP contribution in [0.5, 0.6) is 0 Å². The molecule has 2 rings (SSSR count). The molecule has 1 heterocycles. The molecule has 0 unspecified atom stereocenters. The molecule has 0 aromatic carbocycles. The van der Waals surface area contributed by atoms with Gasteiger partial charge in [-0.25, -0.2) is 4.98 Å². The third kappa shape index (κ3) is 1.55. The molecule has 14 heavy (non-hydrogen) atoms. The summed E-state index contributed by atoms with van der Waals surface area (Å²) in [5.74, 6) is 0. The molecule has 1 fully saturated rings. The highest BCUT2D eigenvalue weighted by Crippen LogP contribution is 2.40. The van der Waals surface area contributed by atoms with Crippen LogP contribution in [-0.2, 0) is 5.41 Å². The smallest absolute Gasteiger partial charge is 0.106 e. The highest BCUT2D eigenvalue weighted by Gasteiger charge is 2.35. The zero-order valence-electron chi connectivity index (χ0n) is 7.83. The summed E-state index contributed by atoms with van der Waals surface area (Å²) < 4.78 is 0.826. The first-order chi connectivity index (χ1) is 6.77. The highest BCUT2D eigenvalue weighted by atomic mass is 79.9. The van der Waals surface area contributed by atoms with Crippen LogP contribution in [-0.4, -0.2) is 4.98 Å². The molecule has 0 amide bonds. The Kier molecular flexibility index (Phi) is 2.56. The van der Waals surface area contributed by atoms with Crippen LogP contribution in [0.3, 0.4) is 0 Å². The molecule has 1 aromatic heterocycles. The van der Waals surface area contributed by atoms with Crippen molar-refractivity contribution < 1.29 is 0 Å². The Morgan fingerprint density at radius 1 is 1.36 bits per heavy atom. The van der Waals surface area contributed by atoms with E-state index < -0.39 is 0 Å². The van der Waals surface area contributed by atoms with Gasteiger partial charge in [-0.15, -0.1) is 0 Å². The Balaban J connectivity index is 2.37. The molecule has 0 bridgehead atoms.